The van der Waals surface area contributed by atoms with Gasteiger partial charge in [0, 0.05) is 23.6 Å². The summed E-state index contributed by atoms with van der Waals surface area (Å²) in [6.07, 6.45) is 2.04. The first-order valence-corrected chi connectivity index (χ1v) is 9.17. The normalized spacial score (nSPS) is 12.8. The highest BCUT2D eigenvalue weighted by molar-refractivity contribution is 6.03. The SMILES string of the molecule is Cc1cc(C(=O)Nc2cccc(C#N)c2)nc(N2CCCc3ccccc32)n1. The molecule has 4 rings (SSSR count). The molecule has 1 aliphatic heterocycles. The van der Waals surface area contributed by atoms with Gasteiger partial charge in [0.05, 0.1) is 11.6 Å². The fourth-order valence-corrected chi connectivity index (χ4v) is 3.39. The van der Waals surface area contributed by atoms with E-state index in [4.69, 9.17) is 5.26 Å². The average Bonchev–Trinajstić information content (AvgIpc) is 2.73. The topological polar surface area (TPSA) is 81.9 Å². The number of nitrogens with one attached hydrogen (secondary N) is 1. The average molecular weight is 369 g/mol. The van der Waals surface area contributed by atoms with Gasteiger partial charge in [-0.3, -0.25) is 4.79 Å². The van der Waals surface area contributed by atoms with Crippen LogP contribution < -0.4 is 10.2 Å². The molecule has 0 aliphatic carbocycles. The lowest BCUT2D eigenvalue weighted by molar-refractivity contribution is 0.102. The van der Waals surface area contributed by atoms with E-state index in [1.165, 1.54) is 5.56 Å². The van der Waals surface area contributed by atoms with E-state index >= 15 is 0 Å². The Hall–Kier alpha value is -3.72. The van der Waals surface area contributed by atoms with Gasteiger partial charge < -0.3 is 10.2 Å². The van der Waals surface area contributed by atoms with Gasteiger partial charge in [-0.2, -0.15) is 5.26 Å². The number of amides is 1. The molecule has 1 N–H and O–H groups in total. The molecule has 138 valence electrons. The van der Waals surface area contributed by atoms with E-state index in [-0.39, 0.29) is 5.91 Å². The van der Waals surface area contributed by atoms with Crippen LogP contribution in [0, 0.1) is 18.3 Å². The number of benzene rings is 2. The smallest absolute Gasteiger partial charge is 0.274 e. The number of carbonyl (C=O) groups excluding carboxylic acids is 1. The summed E-state index contributed by atoms with van der Waals surface area (Å²) in [4.78, 5) is 23.9. The molecule has 28 heavy (non-hydrogen) atoms. The second-order valence-corrected chi connectivity index (χ2v) is 6.73. The number of hydrogen-bond acceptors (Lipinski definition) is 5. The molecule has 0 fully saturated rings. The summed E-state index contributed by atoms with van der Waals surface area (Å²) >= 11 is 0. The summed E-state index contributed by atoms with van der Waals surface area (Å²) in [5.74, 6) is 0.204. The Kier molecular flexibility index (Phi) is 4.73. The predicted octanol–water partition coefficient (Wildman–Crippen LogP) is 3.99. The summed E-state index contributed by atoms with van der Waals surface area (Å²) in [7, 11) is 0. The third-order valence-corrected chi connectivity index (χ3v) is 4.68. The number of aromatic nitrogens is 2. The molecule has 6 nitrogen and oxygen atoms in total. The standard InChI is InChI=1S/C22H19N5O/c1-15-12-19(21(28)25-18-9-4-6-16(13-18)14-23)26-22(24-15)27-11-5-8-17-7-2-3-10-20(17)27/h2-4,6-7,9-10,12-13H,5,8,11H2,1H3,(H,25,28). The first kappa shape index (κ1) is 17.7. The second kappa shape index (κ2) is 7.49. The van der Waals surface area contributed by atoms with Gasteiger partial charge in [-0.15, -0.1) is 0 Å². The van der Waals surface area contributed by atoms with Crippen LogP contribution >= 0.6 is 0 Å². The Bertz CT molecular complexity index is 1090. The van der Waals surface area contributed by atoms with E-state index in [9.17, 15) is 4.79 Å². The van der Waals surface area contributed by atoms with E-state index in [1.54, 1.807) is 30.3 Å². The van der Waals surface area contributed by atoms with Gasteiger partial charge in [0.25, 0.3) is 5.91 Å². The fourth-order valence-electron chi connectivity index (χ4n) is 3.39. The van der Waals surface area contributed by atoms with Crippen LogP contribution in [0.15, 0.2) is 54.6 Å². The quantitative estimate of drug-likeness (QED) is 0.755. The maximum Gasteiger partial charge on any atom is 0.274 e. The second-order valence-electron chi connectivity index (χ2n) is 6.73. The molecule has 0 radical (unpaired) electrons. The monoisotopic (exact) mass is 369 g/mol. The van der Waals surface area contributed by atoms with Crippen molar-refractivity contribution < 1.29 is 4.79 Å². The summed E-state index contributed by atoms with van der Waals surface area (Å²) in [5, 5.41) is 11.8. The summed E-state index contributed by atoms with van der Waals surface area (Å²) in [6.45, 7) is 2.67. The van der Waals surface area contributed by atoms with E-state index < -0.39 is 0 Å². The Morgan fingerprint density at radius 1 is 1.14 bits per heavy atom. The third-order valence-electron chi connectivity index (χ3n) is 4.68. The number of carbonyl (C=O) groups is 1. The van der Waals surface area contributed by atoms with Crippen LogP contribution in [0.3, 0.4) is 0 Å². The lowest BCUT2D eigenvalue weighted by Gasteiger charge is -2.29. The minimum Gasteiger partial charge on any atom is -0.321 e. The third kappa shape index (κ3) is 3.55. The van der Waals surface area contributed by atoms with Gasteiger partial charge in [0.2, 0.25) is 5.95 Å². The van der Waals surface area contributed by atoms with Crippen molar-refractivity contribution in [3.05, 3.63) is 77.1 Å². The van der Waals surface area contributed by atoms with E-state index in [0.717, 1.165) is 30.8 Å². The van der Waals surface area contributed by atoms with Gasteiger partial charge in [-0.05, 0) is 55.7 Å². The predicted molar refractivity (Wildman–Crippen MR) is 108 cm³/mol. The summed E-state index contributed by atoms with van der Waals surface area (Å²) in [6, 6.07) is 18.8. The molecule has 3 aromatic rings. The van der Waals surface area contributed by atoms with Crippen molar-refractivity contribution in [3.8, 4) is 6.07 Å². The Morgan fingerprint density at radius 3 is 2.86 bits per heavy atom. The number of nitrogens with zero attached hydrogens (tertiary/aromatic N) is 4. The maximum absolute atomic E-state index is 12.7. The number of rotatable bonds is 3. The number of nitriles is 1. The van der Waals surface area contributed by atoms with Crippen molar-refractivity contribution in [2.45, 2.75) is 19.8 Å². The summed E-state index contributed by atoms with van der Waals surface area (Å²) < 4.78 is 0. The maximum atomic E-state index is 12.7. The molecule has 0 spiro atoms. The zero-order chi connectivity index (χ0) is 19.5. The fraction of sp³-hybridized carbons (Fsp3) is 0.182. The van der Waals surface area contributed by atoms with Gasteiger partial charge in [-0.1, -0.05) is 24.3 Å². The Labute approximate surface area is 163 Å². The molecule has 6 heteroatoms. The number of hydrogen-bond donors (Lipinski definition) is 1. The van der Waals surface area contributed by atoms with E-state index in [1.807, 2.05) is 19.1 Å². The van der Waals surface area contributed by atoms with Crippen LogP contribution in [0.5, 0.6) is 0 Å². The molecule has 2 aromatic carbocycles. The molecule has 0 bridgehead atoms. The van der Waals surface area contributed by atoms with Crippen molar-refractivity contribution in [3.63, 3.8) is 0 Å². The molecular weight excluding hydrogens is 350 g/mol. The number of anilines is 3. The zero-order valence-corrected chi connectivity index (χ0v) is 15.5. The highest BCUT2D eigenvalue weighted by Gasteiger charge is 2.21. The van der Waals surface area contributed by atoms with Crippen molar-refractivity contribution in [1.29, 1.82) is 5.26 Å². The minimum atomic E-state index is -0.327. The Morgan fingerprint density at radius 2 is 2.00 bits per heavy atom. The van der Waals surface area contributed by atoms with Crippen molar-refractivity contribution >= 4 is 23.2 Å². The van der Waals surface area contributed by atoms with Gasteiger partial charge in [-0.25, -0.2) is 9.97 Å². The molecule has 2 heterocycles. The lowest BCUT2D eigenvalue weighted by atomic mass is 10.0. The highest BCUT2D eigenvalue weighted by Crippen LogP contribution is 2.31. The van der Waals surface area contributed by atoms with Crippen LogP contribution in [0.1, 0.15) is 33.7 Å². The highest BCUT2D eigenvalue weighted by atomic mass is 16.1. The zero-order valence-electron chi connectivity index (χ0n) is 15.5. The van der Waals surface area contributed by atoms with Gasteiger partial charge in [0.1, 0.15) is 5.69 Å². The van der Waals surface area contributed by atoms with Crippen LogP contribution in [0.2, 0.25) is 0 Å². The molecule has 1 amide bonds. The molecular formula is C22H19N5O. The Balaban J connectivity index is 1.65. The molecule has 1 aromatic heterocycles. The lowest BCUT2D eigenvalue weighted by Crippen LogP contribution is -2.27. The van der Waals surface area contributed by atoms with Gasteiger partial charge >= 0.3 is 0 Å². The number of para-hydroxylation sites is 1. The molecule has 0 saturated heterocycles. The first-order chi connectivity index (χ1) is 13.6. The van der Waals surface area contributed by atoms with Crippen molar-refractivity contribution in [2.24, 2.45) is 0 Å². The molecule has 1 aliphatic rings. The molecule has 0 unspecified atom stereocenters. The van der Waals surface area contributed by atoms with E-state index in [2.05, 4.69) is 38.4 Å². The van der Waals surface area contributed by atoms with Crippen molar-refractivity contribution in [2.75, 3.05) is 16.8 Å². The van der Waals surface area contributed by atoms with Crippen molar-refractivity contribution in [1.82, 2.24) is 9.97 Å². The van der Waals surface area contributed by atoms with Gasteiger partial charge in [0.15, 0.2) is 0 Å². The minimum absolute atomic E-state index is 0.299. The molecule has 0 saturated carbocycles. The summed E-state index contributed by atoms with van der Waals surface area (Å²) in [5.41, 5.74) is 4.43. The number of fused-ring (bicyclic) bond motifs is 1. The van der Waals surface area contributed by atoms with Crippen LogP contribution in [0.4, 0.5) is 17.3 Å². The van der Waals surface area contributed by atoms with Crippen LogP contribution in [0.25, 0.3) is 0 Å². The largest absolute Gasteiger partial charge is 0.321 e. The van der Waals surface area contributed by atoms with E-state index in [0.29, 0.717) is 22.9 Å². The number of aryl methyl sites for hydroxylation is 2. The van der Waals surface area contributed by atoms with Crippen LogP contribution in [-0.4, -0.2) is 22.4 Å². The van der Waals surface area contributed by atoms with Crippen LogP contribution in [-0.2, 0) is 6.42 Å². The first-order valence-electron chi connectivity index (χ1n) is 9.17. The molecule has 0 atom stereocenters.